The Labute approximate surface area is 179 Å². The van der Waals surface area contributed by atoms with Gasteiger partial charge in [-0.3, -0.25) is 9.59 Å². The molecule has 29 heavy (non-hydrogen) atoms. The van der Waals surface area contributed by atoms with E-state index >= 15 is 0 Å². The van der Waals surface area contributed by atoms with Gasteiger partial charge in [-0.15, -0.1) is 0 Å². The van der Waals surface area contributed by atoms with Crippen molar-refractivity contribution in [2.45, 2.75) is 30.6 Å². The predicted octanol–water partition coefficient (Wildman–Crippen LogP) is 3.84. The highest BCUT2D eigenvalue weighted by atomic mass is 35.5. The molecule has 6 nitrogen and oxygen atoms in total. The lowest BCUT2D eigenvalue weighted by molar-refractivity contribution is -0.121. The largest absolute Gasteiger partial charge is 0.354 e. The molecule has 0 spiro atoms. The molecule has 0 aromatic heterocycles. The van der Waals surface area contributed by atoms with E-state index < -0.39 is 28.4 Å². The van der Waals surface area contributed by atoms with Gasteiger partial charge in [0.15, 0.2) is 0 Å². The standard InChI is InChI=1S/C20H20Cl2N2O4S/c1-2-5-13(15-9-8-14(21)10-17(15)22)11-23-19(25)12-24-20(26)16-6-3-4-7-18(16)29(24,27)28/h3-4,6-10,13H,2,5,11-12H2,1H3,(H,23,25)/t13-/m1/s1. The fourth-order valence-corrected chi connectivity index (χ4v) is 5.45. The molecule has 1 aliphatic heterocycles. The van der Waals surface area contributed by atoms with Crippen molar-refractivity contribution in [2.24, 2.45) is 0 Å². The Balaban J connectivity index is 1.70. The van der Waals surface area contributed by atoms with E-state index in [-0.39, 0.29) is 22.9 Å². The van der Waals surface area contributed by atoms with Crippen LogP contribution in [0.4, 0.5) is 0 Å². The molecule has 2 aromatic rings. The summed E-state index contributed by atoms with van der Waals surface area (Å²) in [5.74, 6) is -1.31. The molecule has 1 heterocycles. The molecule has 0 radical (unpaired) electrons. The van der Waals surface area contributed by atoms with Gasteiger partial charge in [0.05, 0.1) is 5.56 Å². The molecule has 2 aromatic carbocycles. The third kappa shape index (κ3) is 4.42. The number of benzene rings is 2. The Bertz CT molecular complexity index is 1060. The first-order valence-electron chi connectivity index (χ1n) is 9.13. The Kier molecular flexibility index (Phi) is 6.51. The molecule has 0 saturated heterocycles. The number of rotatable bonds is 7. The molecular formula is C20H20Cl2N2O4S. The van der Waals surface area contributed by atoms with E-state index in [0.717, 1.165) is 18.4 Å². The van der Waals surface area contributed by atoms with Gasteiger partial charge in [0.2, 0.25) is 5.91 Å². The smallest absolute Gasteiger partial charge is 0.269 e. The van der Waals surface area contributed by atoms with Crippen LogP contribution in [0.5, 0.6) is 0 Å². The number of halogens is 2. The number of hydrogen-bond acceptors (Lipinski definition) is 4. The van der Waals surface area contributed by atoms with Gasteiger partial charge < -0.3 is 5.32 Å². The first-order valence-corrected chi connectivity index (χ1v) is 11.3. The summed E-state index contributed by atoms with van der Waals surface area (Å²) in [7, 11) is -4.02. The summed E-state index contributed by atoms with van der Waals surface area (Å²) in [5, 5.41) is 3.77. The van der Waals surface area contributed by atoms with E-state index in [1.165, 1.54) is 12.1 Å². The lowest BCUT2D eigenvalue weighted by atomic mass is 9.94. The number of amides is 2. The highest BCUT2D eigenvalue weighted by molar-refractivity contribution is 7.90. The minimum atomic E-state index is -4.02. The molecule has 0 bridgehead atoms. The highest BCUT2D eigenvalue weighted by Gasteiger charge is 2.41. The summed E-state index contributed by atoms with van der Waals surface area (Å²) in [4.78, 5) is 24.8. The first kappa shape index (κ1) is 21.6. The van der Waals surface area contributed by atoms with E-state index in [2.05, 4.69) is 5.32 Å². The van der Waals surface area contributed by atoms with Crippen molar-refractivity contribution in [2.75, 3.05) is 13.1 Å². The topological polar surface area (TPSA) is 83.6 Å². The molecule has 0 saturated carbocycles. The van der Waals surface area contributed by atoms with Gasteiger partial charge >= 0.3 is 0 Å². The molecule has 0 unspecified atom stereocenters. The molecule has 2 amide bonds. The van der Waals surface area contributed by atoms with E-state index in [4.69, 9.17) is 23.2 Å². The molecule has 0 aliphatic carbocycles. The second-order valence-corrected chi connectivity index (χ2v) is 9.44. The second kappa shape index (κ2) is 8.73. The normalized spacial score (nSPS) is 15.8. The molecule has 1 aliphatic rings. The van der Waals surface area contributed by atoms with Crippen LogP contribution in [0.2, 0.25) is 10.0 Å². The molecular weight excluding hydrogens is 435 g/mol. The summed E-state index contributed by atoms with van der Waals surface area (Å²) >= 11 is 12.2. The van der Waals surface area contributed by atoms with Crippen LogP contribution >= 0.6 is 23.2 Å². The van der Waals surface area contributed by atoms with Crippen molar-refractivity contribution in [3.05, 3.63) is 63.6 Å². The number of fused-ring (bicyclic) bond motifs is 1. The molecule has 1 N–H and O–H groups in total. The lowest BCUT2D eigenvalue weighted by Crippen LogP contribution is -2.41. The van der Waals surface area contributed by atoms with E-state index in [1.54, 1.807) is 24.3 Å². The van der Waals surface area contributed by atoms with Crippen LogP contribution in [0.25, 0.3) is 0 Å². The molecule has 1 atom stereocenters. The number of carbonyl (C=O) groups is 2. The van der Waals surface area contributed by atoms with E-state index in [1.807, 2.05) is 13.0 Å². The fourth-order valence-electron chi connectivity index (χ4n) is 3.36. The Morgan fingerprint density at radius 3 is 2.55 bits per heavy atom. The average molecular weight is 455 g/mol. The SMILES string of the molecule is CCC[C@H](CNC(=O)CN1C(=O)c2ccccc2S1(=O)=O)c1ccc(Cl)cc1Cl. The van der Waals surface area contributed by atoms with Crippen molar-refractivity contribution in [3.63, 3.8) is 0 Å². The van der Waals surface area contributed by atoms with Crippen LogP contribution in [0.1, 0.15) is 41.6 Å². The van der Waals surface area contributed by atoms with Crippen LogP contribution in [-0.4, -0.2) is 37.6 Å². The van der Waals surface area contributed by atoms with Crippen molar-refractivity contribution in [1.82, 2.24) is 9.62 Å². The Morgan fingerprint density at radius 2 is 1.90 bits per heavy atom. The van der Waals surface area contributed by atoms with Gasteiger partial charge in [0.25, 0.3) is 15.9 Å². The van der Waals surface area contributed by atoms with Crippen LogP contribution < -0.4 is 5.32 Å². The van der Waals surface area contributed by atoms with Gasteiger partial charge in [0, 0.05) is 22.5 Å². The summed E-state index contributed by atoms with van der Waals surface area (Å²) in [6, 6.07) is 11.1. The minimum absolute atomic E-state index is 0.0585. The number of nitrogens with one attached hydrogen (secondary N) is 1. The third-order valence-electron chi connectivity index (χ3n) is 4.78. The Hall–Kier alpha value is -2.09. The first-order chi connectivity index (χ1) is 13.8. The zero-order chi connectivity index (χ0) is 21.2. The molecule has 9 heteroatoms. The van der Waals surface area contributed by atoms with E-state index in [0.29, 0.717) is 14.4 Å². The highest BCUT2D eigenvalue weighted by Crippen LogP contribution is 2.31. The van der Waals surface area contributed by atoms with Gasteiger partial charge in [-0.05, 0) is 36.2 Å². The lowest BCUT2D eigenvalue weighted by Gasteiger charge is -2.20. The molecule has 3 rings (SSSR count). The fraction of sp³-hybridized carbons (Fsp3) is 0.300. The number of hydrogen-bond donors (Lipinski definition) is 1. The minimum Gasteiger partial charge on any atom is -0.354 e. The van der Waals surface area contributed by atoms with Crippen molar-refractivity contribution in [3.8, 4) is 0 Å². The average Bonchev–Trinajstić information content (AvgIpc) is 2.87. The monoisotopic (exact) mass is 454 g/mol. The van der Waals surface area contributed by atoms with Crippen molar-refractivity contribution in [1.29, 1.82) is 0 Å². The second-order valence-electron chi connectivity index (χ2n) is 6.77. The van der Waals surface area contributed by atoms with Gasteiger partial charge in [-0.25, -0.2) is 12.7 Å². The zero-order valence-electron chi connectivity index (χ0n) is 15.7. The summed E-state index contributed by atoms with van der Waals surface area (Å²) in [6.07, 6.45) is 1.64. The Morgan fingerprint density at radius 1 is 1.17 bits per heavy atom. The van der Waals surface area contributed by atoms with Gasteiger partial charge in [0.1, 0.15) is 11.4 Å². The summed E-state index contributed by atoms with van der Waals surface area (Å²) < 4.78 is 25.7. The number of carbonyl (C=O) groups excluding carboxylic acids is 2. The van der Waals surface area contributed by atoms with Crippen molar-refractivity contribution >= 4 is 45.0 Å². The van der Waals surface area contributed by atoms with Crippen LogP contribution in [-0.2, 0) is 14.8 Å². The quantitative estimate of drug-likeness (QED) is 0.688. The third-order valence-corrected chi connectivity index (χ3v) is 7.13. The summed E-state index contributed by atoms with van der Waals surface area (Å²) in [6.45, 7) is 1.72. The van der Waals surface area contributed by atoms with E-state index in [9.17, 15) is 18.0 Å². The van der Waals surface area contributed by atoms with Gasteiger partial charge in [-0.2, -0.15) is 0 Å². The predicted molar refractivity (Wildman–Crippen MR) is 112 cm³/mol. The summed E-state index contributed by atoms with van der Waals surface area (Å²) in [5.41, 5.74) is 0.938. The van der Waals surface area contributed by atoms with Gasteiger partial charge in [-0.1, -0.05) is 54.7 Å². The maximum absolute atomic E-state index is 12.6. The molecule has 0 fully saturated rings. The zero-order valence-corrected chi connectivity index (χ0v) is 18.0. The maximum atomic E-state index is 12.6. The van der Waals surface area contributed by atoms with Crippen molar-refractivity contribution < 1.29 is 18.0 Å². The van der Waals surface area contributed by atoms with Crippen LogP contribution in [0.15, 0.2) is 47.4 Å². The van der Waals surface area contributed by atoms with Crippen LogP contribution in [0.3, 0.4) is 0 Å². The number of nitrogens with zero attached hydrogens (tertiary/aromatic N) is 1. The molecule has 154 valence electrons. The number of sulfonamides is 1. The van der Waals surface area contributed by atoms with Crippen LogP contribution in [0, 0.1) is 0 Å². The maximum Gasteiger partial charge on any atom is 0.269 e.